The lowest BCUT2D eigenvalue weighted by Gasteiger charge is -2.12. The molecule has 0 aromatic heterocycles. The Bertz CT molecular complexity index is 595. The summed E-state index contributed by atoms with van der Waals surface area (Å²) in [4.78, 5) is 23.9. The van der Waals surface area contributed by atoms with Crippen molar-refractivity contribution in [3.63, 3.8) is 0 Å². The van der Waals surface area contributed by atoms with Gasteiger partial charge in [0.05, 0.1) is 0 Å². The molecule has 0 atom stereocenters. The Hall–Kier alpha value is -1.95. The van der Waals surface area contributed by atoms with Crippen molar-refractivity contribution in [3.05, 3.63) is 29.8 Å². The molecule has 1 aliphatic rings. The number of amides is 2. The summed E-state index contributed by atoms with van der Waals surface area (Å²) in [6.07, 6.45) is 7.27. The van der Waals surface area contributed by atoms with Crippen molar-refractivity contribution >= 4 is 34.8 Å². The molecule has 2 rings (SSSR count). The quantitative estimate of drug-likeness (QED) is 0.512. The highest BCUT2D eigenvalue weighted by Crippen LogP contribution is 2.27. The summed E-state index contributed by atoms with van der Waals surface area (Å²) >= 11 is 5.19. The standard InChI is InChI=1S/C19H27N3O2S/c1-2-3-12-20-18(24)15-8-10-16(11-9-15)21-19(25)22-17(23)13-14-6-4-5-7-14/h8-11,14H,2-7,12-13H2,1H3,(H,20,24)(H2,21,22,23,25). The molecule has 2 amide bonds. The van der Waals surface area contributed by atoms with Crippen molar-refractivity contribution in [2.24, 2.45) is 5.92 Å². The van der Waals surface area contributed by atoms with Gasteiger partial charge in [0.15, 0.2) is 5.11 Å². The van der Waals surface area contributed by atoms with Crippen LogP contribution < -0.4 is 16.0 Å². The highest BCUT2D eigenvalue weighted by Gasteiger charge is 2.18. The maximum atomic E-state index is 12.0. The molecule has 136 valence electrons. The fraction of sp³-hybridized carbons (Fsp3) is 0.526. The normalized spacial score (nSPS) is 14.1. The van der Waals surface area contributed by atoms with Gasteiger partial charge in [0.25, 0.3) is 5.91 Å². The zero-order valence-corrected chi connectivity index (χ0v) is 15.6. The van der Waals surface area contributed by atoms with Gasteiger partial charge in [0.2, 0.25) is 5.91 Å². The van der Waals surface area contributed by atoms with Crippen LogP contribution in [0, 0.1) is 5.92 Å². The number of carbonyl (C=O) groups is 2. The zero-order valence-electron chi connectivity index (χ0n) is 14.8. The number of benzene rings is 1. The number of rotatable bonds is 7. The van der Waals surface area contributed by atoms with Crippen molar-refractivity contribution in [1.29, 1.82) is 0 Å². The van der Waals surface area contributed by atoms with Crippen LogP contribution in [0.3, 0.4) is 0 Å². The molecule has 6 heteroatoms. The van der Waals surface area contributed by atoms with Crippen LogP contribution in [0.2, 0.25) is 0 Å². The number of unbranched alkanes of at least 4 members (excludes halogenated alkanes) is 1. The van der Waals surface area contributed by atoms with E-state index in [0.717, 1.165) is 31.4 Å². The van der Waals surface area contributed by atoms with E-state index in [1.54, 1.807) is 24.3 Å². The molecule has 5 nitrogen and oxygen atoms in total. The summed E-state index contributed by atoms with van der Waals surface area (Å²) in [5, 5.41) is 8.89. The van der Waals surface area contributed by atoms with E-state index in [2.05, 4.69) is 22.9 Å². The second-order valence-corrected chi connectivity index (χ2v) is 6.95. The molecule has 0 aliphatic heterocycles. The molecule has 0 radical (unpaired) electrons. The lowest BCUT2D eigenvalue weighted by atomic mass is 10.0. The molecule has 1 aromatic carbocycles. The first kappa shape index (κ1) is 19.4. The Labute approximate surface area is 155 Å². The average molecular weight is 362 g/mol. The Morgan fingerprint density at radius 3 is 2.48 bits per heavy atom. The van der Waals surface area contributed by atoms with Gasteiger partial charge in [-0.05, 0) is 61.7 Å². The predicted octanol–water partition coefficient (Wildman–Crippen LogP) is 3.61. The SMILES string of the molecule is CCCCNC(=O)c1ccc(NC(=S)NC(=O)CC2CCCC2)cc1. The molecule has 0 spiro atoms. The van der Waals surface area contributed by atoms with Crippen LogP contribution in [0.25, 0.3) is 0 Å². The summed E-state index contributed by atoms with van der Waals surface area (Å²) in [7, 11) is 0. The van der Waals surface area contributed by atoms with Crippen LogP contribution in [0.15, 0.2) is 24.3 Å². The van der Waals surface area contributed by atoms with Crippen molar-refractivity contribution < 1.29 is 9.59 Å². The van der Waals surface area contributed by atoms with E-state index >= 15 is 0 Å². The maximum Gasteiger partial charge on any atom is 0.251 e. The number of carbonyl (C=O) groups excluding carboxylic acids is 2. The molecule has 1 aliphatic carbocycles. The van der Waals surface area contributed by atoms with Gasteiger partial charge in [0.1, 0.15) is 0 Å². The molecule has 0 bridgehead atoms. The van der Waals surface area contributed by atoms with Crippen LogP contribution in [0.4, 0.5) is 5.69 Å². The summed E-state index contributed by atoms with van der Waals surface area (Å²) in [6.45, 7) is 2.77. The Morgan fingerprint density at radius 1 is 1.16 bits per heavy atom. The fourth-order valence-electron chi connectivity index (χ4n) is 3.00. The third-order valence-electron chi connectivity index (χ3n) is 4.42. The highest BCUT2D eigenvalue weighted by molar-refractivity contribution is 7.80. The van der Waals surface area contributed by atoms with E-state index in [0.29, 0.717) is 29.6 Å². The highest BCUT2D eigenvalue weighted by atomic mass is 32.1. The minimum Gasteiger partial charge on any atom is -0.352 e. The van der Waals surface area contributed by atoms with Crippen molar-refractivity contribution in [3.8, 4) is 0 Å². The Kier molecular flexibility index (Phi) is 7.85. The lowest BCUT2D eigenvalue weighted by Crippen LogP contribution is -2.34. The summed E-state index contributed by atoms with van der Waals surface area (Å²) in [6, 6.07) is 7.05. The van der Waals surface area contributed by atoms with Gasteiger partial charge in [-0.3, -0.25) is 9.59 Å². The molecule has 0 unspecified atom stereocenters. The van der Waals surface area contributed by atoms with Crippen LogP contribution in [0.1, 0.15) is 62.2 Å². The Balaban J connectivity index is 1.76. The first-order valence-electron chi connectivity index (χ1n) is 9.07. The van der Waals surface area contributed by atoms with Gasteiger partial charge in [0, 0.05) is 24.2 Å². The van der Waals surface area contributed by atoms with Crippen molar-refractivity contribution in [2.75, 3.05) is 11.9 Å². The molecule has 25 heavy (non-hydrogen) atoms. The zero-order chi connectivity index (χ0) is 18.1. The van der Waals surface area contributed by atoms with Gasteiger partial charge in [-0.1, -0.05) is 26.2 Å². The van der Waals surface area contributed by atoms with Crippen LogP contribution in [0.5, 0.6) is 0 Å². The molecule has 1 saturated carbocycles. The van der Waals surface area contributed by atoms with Crippen molar-refractivity contribution in [2.45, 2.75) is 51.9 Å². The number of hydrogen-bond acceptors (Lipinski definition) is 3. The van der Waals surface area contributed by atoms with E-state index < -0.39 is 0 Å². The first-order chi connectivity index (χ1) is 12.1. The lowest BCUT2D eigenvalue weighted by molar-refractivity contribution is -0.120. The largest absolute Gasteiger partial charge is 0.352 e. The molecular weight excluding hydrogens is 334 g/mol. The van der Waals surface area contributed by atoms with E-state index in [9.17, 15) is 9.59 Å². The average Bonchev–Trinajstić information content (AvgIpc) is 3.08. The van der Waals surface area contributed by atoms with E-state index in [4.69, 9.17) is 12.2 Å². The summed E-state index contributed by atoms with van der Waals surface area (Å²) in [5.74, 6) is 0.386. The summed E-state index contributed by atoms with van der Waals surface area (Å²) in [5.41, 5.74) is 1.36. The predicted molar refractivity (Wildman–Crippen MR) is 105 cm³/mol. The number of hydrogen-bond donors (Lipinski definition) is 3. The molecule has 0 saturated heterocycles. The second-order valence-electron chi connectivity index (χ2n) is 6.54. The maximum absolute atomic E-state index is 12.0. The molecule has 1 fully saturated rings. The molecule has 3 N–H and O–H groups in total. The van der Waals surface area contributed by atoms with Crippen LogP contribution >= 0.6 is 12.2 Å². The van der Waals surface area contributed by atoms with Gasteiger partial charge in [-0.15, -0.1) is 0 Å². The fourth-order valence-corrected chi connectivity index (χ4v) is 3.23. The minimum atomic E-state index is -0.0764. The third-order valence-corrected chi connectivity index (χ3v) is 4.63. The topological polar surface area (TPSA) is 70.2 Å². The Morgan fingerprint density at radius 2 is 1.84 bits per heavy atom. The van der Waals surface area contributed by atoms with Gasteiger partial charge < -0.3 is 16.0 Å². The minimum absolute atomic E-state index is 0.0312. The van der Waals surface area contributed by atoms with Crippen LogP contribution in [-0.4, -0.2) is 23.5 Å². The van der Waals surface area contributed by atoms with Gasteiger partial charge in [-0.2, -0.15) is 0 Å². The first-order valence-corrected chi connectivity index (χ1v) is 9.48. The summed E-state index contributed by atoms with van der Waals surface area (Å²) < 4.78 is 0. The molecule has 1 aromatic rings. The smallest absolute Gasteiger partial charge is 0.251 e. The number of nitrogens with one attached hydrogen (secondary N) is 3. The van der Waals surface area contributed by atoms with E-state index in [-0.39, 0.29) is 11.8 Å². The van der Waals surface area contributed by atoms with E-state index in [1.165, 1.54) is 12.8 Å². The number of anilines is 1. The number of thiocarbonyl (C=S) groups is 1. The monoisotopic (exact) mass is 361 g/mol. The third kappa shape index (κ3) is 6.82. The van der Waals surface area contributed by atoms with Crippen LogP contribution in [-0.2, 0) is 4.79 Å². The van der Waals surface area contributed by atoms with Crippen molar-refractivity contribution in [1.82, 2.24) is 10.6 Å². The molecule has 0 heterocycles. The van der Waals surface area contributed by atoms with Gasteiger partial charge >= 0.3 is 0 Å². The van der Waals surface area contributed by atoms with Gasteiger partial charge in [-0.25, -0.2) is 0 Å². The molecular formula is C19H27N3O2S. The second kappa shape index (κ2) is 10.1. The van der Waals surface area contributed by atoms with E-state index in [1.807, 2.05) is 0 Å².